The van der Waals surface area contributed by atoms with Gasteiger partial charge in [-0.1, -0.05) is 30.3 Å². The van der Waals surface area contributed by atoms with Gasteiger partial charge in [0, 0.05) is 37.2 Å². The molecule has 7 nitrogen and oxygen atoms in total. The van der Waals surface area contributed by atoms with Gasteiger partial charge in [0.25, 0.3) is 0 Å². The van der Waals surface area contributed by atoms with Crippen LogP contribution in [-0.4, -0.2) is 29.0 Å². The molecule has 8 heteroatoms. The Bertz CT molecular complexity index is 1490. The summed E-state index contributed by atoms with van der Waals surface area (Å²) >= 11 is 0. The first-order valence-electron chi connectivity index (χ1n) is 11.6. The number of nitrogen functional groups attached to an aromatic ring is 1. The molecule has 0 saturated heterocycles. The van der Waals surface area contributed by atoms with Crippen LogP contribution in [0.5, 0.6) is 5.75 Å². The molecule has 4 N–H and O–H groups in total. The van der Waals surface area contributed by atoms with E-state index in [0.717, 1.165) is 16.3 Å². The van der Waals surface area contributed by atoms with E-state index < -0.39 is 5.82 Å². The number of amidine groups is 2. The Hall–Kier alpha value is -4.46. The highest BCUT2D eigenvalue weighted by Gasteiger charge is 2.36. The zero-order chi connectivity index (χ0) is 25.6. The van der Waals surface area contributed by atoms with Crippen molar-refractivity contribution in [3.8, 4) is 5.75 Å². The summed E-state index contributed by atoms with van der Waals surface area (Å²) in [7, 11) is 0. The average Bonchev–Trinajstić information content (AvgIpc) is 3.26. The Balaban J connectivity index is 1.50. The summed E-state index contributed by atoms with van der Waals surface area (Å²) in [6.45, 7) is 3.71. The maximum Gasteiger partial charge on any atom is 0.224 e. The number of fused-ring (bicyclic) bond motifs is 2. The van der Waals surface area contributed by atoms with E-state index in [2.05, 4.69) is 0 Å². The zero-order valence-electron chi connectivity index (χ0n) is 20.0. The van der Waals surface area contributed by atoms with E-state index in [1.807, 2.05) is 36.4 Å². The highest BCUT2D eigenvalue weighted by molar-refractivity contribution is 5.99. The van der Waals surface area contributed by atoms with Gasteiger partial charge in [-0.3, -0.25) is 15.6 Å². The maximum atomic E-state index is 15.7. The number of ether oxygens (including phenoxy) is 1. The van der Waals surface area contributed by atoms with Crippen molar-refractivity contribution in [3.63, 3.8) is 0 Å². The van der Waals surface area contributed by atoms with Gasteiger partial charge in [-0.15, -0.1) is 0 Å². The van der Waals surface area contributed by atoms with Crippen LogP contribution in [0.4, 0.5) is 10.1 Å². The van der Waals surface area contributed by atoms with Crippen LogP contribution in [-0.2, 0) is 11.2 Å². The van der Waals surface area contributed by atoms with E-state index in [4.69, 9.17) is 21.3 Å². The normalized spacial score (nSPS) is 16.6. The molecule has 1 unspecified atom stereocenters. The number of hydrogen-bond donors (Lipinski definition) is 3. The van der Waals surface area contributed by atoms with Crippen molar-refractivity contribution >= 4 is 34.0 Å². The fraction of sp³-hybridized carbons (Fsp3) is 0.179. The number of nitrogens with two attached hydrogens (primary N) is 1. The van der Waals surface area contributed by atoms with Crippen molar-refractivity contribution in [1.82, 2.24) is 4.90 Å². The number of benzene rings is 3. The summed E-state index contributed by atoms with van der Waals surface area (Å²) < 4.78 is 21.5. The summed E-state index contributed by atoms with van der Waals surface area (Å²) in [4.78, 5) is 16.0. The molecule has 0 saturated carbocycles. The van der Waals surface area contributed by atoms with Gasteiger partial charge >= 0.3 is 0 Å². The lowest BCUT2D eigenvalue weighted by atomic mass is 9.97. The highest BCUT2D eigenvalue weighted by Crippen LogP contribution is 2.44. The third-order valence-electron chi connectivity index (χ3n) is 6.58. The van der Waals surface area contributed by atoms with Crippen molar-refractivity contribution in [2.24, 2.45) is 5.73 Å². The van der Waals surface area contributed by atoms with Crippen LogP contribution in [0.25, 0.3) is 10.8 Å². The molecule has 2 heterocycles. The first-order valence-corrected chi connectivity index (χ1v) is 11.6. The topological polar surface area (TPSA) is 106 Å². The van der Waals surface area contributed by atoms with Gasteiger partial charge in [0.1, 0.15) is 11.6 Å². The highest BCUT2D eigenvalue weighted by atomic mass is 19.1. The Morgan fingerprint density at radius 1 is 1.08 bits per heavy atom. The summed E-state index contributed by atoms with van der Waals surface area (Å²) in [5.74, 6) is 0.166. The number of allylic oxidation sites excluding steroid dienone is 1. The summed E-state index contributed by atoms with van der Waals surface area (Å²) in [6, 6.07) is 14.3. The number of nitrogens with zero attached hydrogens (tertiary/aromatic N) is 2. The second-order valence-corrected chi connectivity index (χ2v) is 8.99. The Labute approximate surface area is 208 Å². The van der Waals surface area contributed by atoms with Gasteiger partial charge in [-0.05, 0) is 53.6 Å². The molecule has 5 rings (SSSR count). The van der Waals surface area contributed by atoms with Gasteiger partial charge in [0.05, 0.1) is 17.6 Å². The first-order chi connectivity index (χ1) is 17.2. The minimum absolute atomic E-state index is 0.0163. The number of amides is 1. The third kappa shape index (κ3) is 4.11. The molecule has 1 atom stereocenters. The lowest BCUT2D eigenvalue weighted by Gasteiger charge is -2.25. The molecule has 0 fully saturated rings. The predicted octanol–water partition coefficient (Wildman–Crippen LogP) is 5.00. The molecular formula is C28H26FN5O2. The van der Waals surface area contributed by atoms with Gasteiger partial charge in [0.2, 0.25) is 5.91 Å². The van der Waals surface area contributed by atoms with Crippen molar-refractivity contribution in [2.75, 3.05) is 11.4 Å². The molecule has 0 spiro atoms. The number of carbonyl (C=O) groups excluding carboxylic acids is 1. The van der Waals surface area contributed by atoms with Crippen molar-refractivity contribution < 1.29 is 13.9 Å². The summed E-state index contributed by atoms with van der Waals surface area (Å²) in [5, 5.41) is 17.4. The van der Waals surface area contributed by atoms with Crippen molar-refractivity contribution in [2.45, 2.75) is 26.3 Å². The molecule has 3 aromatic carbocycles. The van der Waals surface area contributed by atoms with Crippen molar-refractivity contribution in [3.05, 3.63) is 95.1 Å². The number of halogens is 1. The van der Waals surface area contributed by atoms with E-state index >= 15 is 4.39 Å². The SMILES string of the molecule is CC(=N)N1C=C(Oc2ccc3c(c2F)CC(c2ccc4ccc(C(=N)N)cc4c2)N3C(C)=O)C=CC1. The second-order valence-electron chi connectivity index (χ2n) is 8.99. The minimum atomic E-state index is -0.501. The van der Waals surface area contributed by atoms with Gasteiger partial charge in [-0.25, -0.2) is 4.39 Å². The average molecular weight is 484 g/mol. The standard InChI is InChI=1S/C28H26FN5O2/c1-16(30)33-11-3-4-22(15-33)36-26-10-9-24-23(27(26)29)14-25(34(24)17(2)35)19-7-5-18-6-8-20(28(31)32)13-21(18)12-19/h3-10,12-13,15,25,30H,11,14H2,1-2H3,(H3,31,32). The van der Waals surface area contributed by atoms with Crippen LogP contribution in [0.15, 0.2) is 72.6 Å². The summed E-state index contributed by atoms with van der Waals surface area (Å²) in [6.07, 6.45) is 5.57. The summed E-state index contributed by atoms with van der Waals surface area (Å²) in [5.41, 5.74) is 8.10. The third-order valence-corrected chi connectivity index (χ3v) is 6.58. The van der Waals surface area contributed by atoms with E-state index in [9.17, 15) is 4.79 Å². The molecule has 182 valence electrons. The lowest BCUT2D eigenvalue weighted by Crippen LogP contribution is -2.29. The molecule has 1 amide bonds. The number of carbonyl (C=O) groups is 1. The smallest absolute Gasteiger partial charge is 0.224 e. The minimum Gasteiger partial charge on any atom is -0.453 e. The molecule has 0 aliphatic carbocycles. The quantitative estimate of drug-likeness (QED) is 0.358. The van der Waals surface area contributed by atoms with Crippen molar-refractivity contribution in [1.29, 1.82) is 10.8 Å². The largest absolute Gasteiger partial charge is 0.453 e. The Morgan fingerprint density at radius 2 is 1.86 bits per heavy atom. The maximum absolute atomic E-state index is 15.7. The van der Waals surface area contributed by atoms with E-state index in [1.165, 1.54) is 13.0 Å². The van der Waals surface area contributed by atoms with Crippen LogP contribution < -0.4 is 15.4 Å². The molecule has 3 aromatic rings. The van der Waals surface area contributed by atoms with E-state index in [-0.39, 0.29) is 23.5 Å². The van der Waals surface area contributed by atoms with Gasteiger partial charge in [-0.2, -0.15) is 0 Å². The second kappa shape index (κ2) is 8.96. The molecule has 0 radical (unpaired) electrons. The molecule has 2 aliphatic rings. The molecule has 2 aliphatic heterocycles. The Morgan fingerprint density at radius 3 is 2.58 bits per heavy atom. The van der Waals surface area contributed by atoms with E-state index in [0.29, 0.717) is 41.4 Å². The molecular weight excluding hydrogens is 457 g/mol. The zero-order valence-corrected chi connectivity index (χ0v) is 20.0. The van der Waals surface area contributed by atoms with Crippen LogP contribution in [0.2, 0.25) is 0 Å². The van der Waals surface area contributed by atoms with E-state index in [1.54, 1.807) is 41.1 Å². The number of rotatable bonds is 4. The monoisotopic (exact) mass is 483 g/mol. The first kappa shape index (κ1) is 23.3. The van der Waals surface area contributed by atoms with Crippen LogP contribution in [0.1, 0.15) is 36.6 Å². The Kier molecular flexibility index (Phi) is 5.80. The molecule has 36 heavy (non-hydrogen) atoms. The van der Waals surface area contributed by atoms with Gasteiger partial charge in [0.15, 0.2) is 11.6 Å². The molecule has 0 bridgehead atoms. The fourth-order valence-corrected chi connectivity index (χ4v) is 4.79. The molecule has 0 aromatic heterocycles. The fourth-order valence-electron chi connectivity index (χ4n) is 4.79. The number of nitrogens with one attached hydrogen (secondary N) is 2. The van der Waals surface area contributed by atoms with Crippen LogP contribution >= 0.6 is 0 Å². The van der Waals surface area contributed by atoms with Crippen LogP contribution in [0, 0.1) is 16.6 Å². The number of anilines is 1. The van der Waals surface area contributed by atoms with Crippen LogP contribution in [0.3, 0.4) is 0 Å². The number of hydrogen-bond acceptors (Lipinski definition) is 4. The lowest BCUT2D eigenvalue weighted by molar-refractivity contribution is -0.116. The van der Waals surface area contributed by atoms with Gasteiger partial charge < -0.3 is 20.3 Å². The predicted molar refractivity (Wildman–Crippen MR) is 139 cm³/mol.